The molecule has 1 aromatic carbocycles. The molecule has 2 aromatic rings. The average molecular weight is 417 g/mol. The number of thioether (sulfide) groups is 1. The molecule has 2 heterocycles. The molecule has 0 bridgehead atoms. The summed E-state index contributed by atoms with van der Waals surface area (Å²) in [5.41, 5.74) is 2.08. The maximum Gasteiger partial charge on any atom is 0.338 e. The van der Waals surface area contributed by atoms with Gasteiger partial charge in [-0.15, -0.1) is 5.10 Å². The minimum Gasteiger partial charge on any atom is -0.496 e. The molecule has 0 amide bonds. The topological polar surface area (TPSA) is 78.3 Å². The normalized spacial score (nSPS) is 15.7. The Bertz CT molecular complexity index is 894. The number of unbranched alkanes of at least 4 members (excludes halogenated alkanes) is 1. The van der Waals surface area contributed by atoms with Crippen LogP contribution in [0.2, 0.25) is 0 Å². The summed E-state index contributed by atoms with van der Waals surface area (Å²) < 4.78 is 12.9. The molecule has 1 aliphatic heterocycles. The molecular weight excluding hydrogens is 388 g/mol. The molecule has 0 radical (unpaired) electrons. The smallest absolute Gasteiger partial charge is 0.338 e. The average Bonchev–Trinajstić information content (AvgIpc) is 3.13. The molecule has 3 rings (SSSR count). The number of carbonyl (C=O) groups is 1. The Morgan fingerprint density at radius 2 is 2.07 bits per heavy atom. The lowest BCUT2D eigenvalue weighted by Crippen LogP contribution is -2.30. The van der Waals surface area contributed by atoms with E-state index in [0.717, 1.165) is 30.6 Å². The van der Waals surface area contributed by atoms with Gasteiger partial charge in [0.2, 0.25) is 11.1 Å². The summed E-state index contributed by atoms with van der Waals surface area (Å²) in [6.07, 6.45) is 2.83. The second kappa shape index (κ2) is 9.82. The number of aromatic nitrogens is 3. The molecule has 1 N–H and O–H groups in total. The van der Waals surface area contributed by atoms with Crippen molar-refractivity contribution in [2.75, 3.05) is 24.8 Å². The zero-order valence-corrected chi connectivity index (χ0v) is 18.2. The van der Waals surface area contributed by atoms with Crippen LogP contribution in [-0.4, -0.2) is 40.2 Å². The first-order valence-corrected chi connectivity index (χ1v) is 11.0. The van der Waals surface area contributed by atoms with Gasteiger partial charge in [-0.25, -0.2) is 9.48 Å². The Balaban J connectivity index is 2.06. The van der Waals surface area contributed by atoms with Crippen molar-refractivity contribution < 1.29 is 14.3 Å². The summed E-state index contributed by atoms with van der Waals surface area (Å²) in [6.45, 7) is 6.45. The van der Waals surface area contributed by atoms with Gasteiger partial charge in [-0.2, -0.15) is 4.98 Å². The van der Waals surface area contributed by atoms with Crippen LogP contribution in [0.25, 0.3) is 0 Å². The lowest BCUT2D eigenvalue weighted by molar-refractivity contribution is -0.139. The minimum absolute atomic E-state index is 0.344. The number of ether oxygens (including phenoxy) is 2. The number of rotatable bonds is 9. The van der Waals surface area contributed by atoms with Gasteiger partial charge < -0.3 is 14.8 Å². The number of benzene rings is 1. The third-order valence-electron chi connectivity index (χ3n) is 4.65. The van der Waals surface area contributed by atoms with Crippen LogP contribution in [0.5, 0.6) is 5.75 Å². The maximum absolute atomic E-state index is 13.0. The number of hydrogen-bond acceptors (Lipinski definition) is 7. The molecule has 7 nitrogen and oxygen atoms in total. The number of anilines is 1. The first-order valence-electron chi connectivity index (χ1n) is 9.97. The number of nitrogens with zero attached hydrogens (tertiary/aromatic N) is 3. The zero-order chi connectivity index (χ0) is 20.8. The number of carbonyl (C=O) groups excluding carboxylic acids is 1. The summed E-state index contributed by atoms with van der Waals surface area (Å²) in [5, 5.41) is 8.61. The third-order valence-corrected chi connectivity index (χ3v) is 5.70. The number of methoxy groups -OCH3 is 1. The van der Waals surface area contributed by atoms with Crippen LogP contribution in [0.1, 0.15) is 51.6 Å². The number of fused-ring (bicyclic) bond motifs is 1. The van der Waals surface area contributed by atoms with Crippen molar-refractivity contribution in [2.45, 2.75) is 51.2 Å². The number of nitrogens with one attached hydrogen (secondary N) is 1. The number of para-hydroxylation sites is 1. The highest BCUT2D eigenvalue weighted by atomic mass is 32.2. The second-order valence-electron chi connectivity index (χ2n) is 6.81. The van der Waals surface area contributed by atoms with Crippen molar-refractivity contribution >= 4 is 23.7 Å². The van der Waals surface area contributed by atoms with Gasteiger partial charge in [0.15, 0.2) is 0 Å². The van der Waals surface area contributed by atoms with Crippen molar-refractivity contribution in [3.8, 4) is 5.75 Å². The maximum atomic E-state index is 13.0. The fraction of sp³-hybridized carbons (Fsp3) is 0.476. The fourth-order valence-corrected chi connectivity index (χ4v) is 3.90. The lowest BCUT2D eigenvalue weighted by atomic mass is 9.95. The van der Waals surface area contributed by atoms with Crippen LogP contribution in [0.4, 0.5) is 5.95 Å². The van der Waals surface area contributed by atoms with Crippen molar-refractivity contribution in [3.05, 3.63) is 41.1 Å². The van der Waals surface area contributed by atoms with Gasteiger partial charge >= 0.3 is 5.97 Å². The van der Waals surface area contributed by atoms with Crippen LogP contribution in [-0.2, 0) is 9.53 Å². The van der Waals surface area contributed by atoms with Gasteiger partial charge in [0.25, 0.3) is 0 Å². The van der Waals surface area contributed by atoms with E-state index in [1.165, 1.54) is 0 Å². The quantitative estimate of drug-likeness (QED) is 0.368. The Morgan fingerprint density at radius 1 is 1.28 bits per heavy atom. The van der Waals surface area contributed by atoms with Gasteiger partial charge in [0.1, 0.15) is 11.8 Å². The molecule has 1 aromatic heterocycles. The van der Waals surface area contributed by atoms with E-state index in [4.69, 9.17) is 14.6 Å². The predicted molar refractivity (Wildman–Crippen MR) is 114 cm³/mol. The van der Waals surface area contributed by atoms with Crippen LogP contribution in [0.3, 0.4) is 0 Å². The molecule has 0 saturated heterocycles. The van der Waals surface area contributed by atoms with E-state index < -0.39 is 6.04 Å². The summed E-state index contributed by atoms with van der Waals surface area (Å²) in [5.74, 6) is 1.89. The molecule has 156 valence electrons. The van der Waals surface area contributed by atoms with Gasteiger partial charge in [-0.3, -0.25) is 0 Å². The number of esters is 1. The van der Waals surface area contributed by atoms with Crippen molar-refractivity contribution in [2.24, 2.45) is 0 Å². The van der Waals surface area contributed by atoms with Crippen LogP contribution >= 0.6 is 11.8 Å². The van der Waals surface area contributed by atoms with E-state index >= 15 is 0 Å². The van der Waals surface area contributed by atoms with E-state index in [1.807, 2.05) is 31.2 Å². The Labute approximate surface area is 175 Å². The highest BCUT2D eigenvalue weighted by Crippen LogP contribution is 2.40. The van der Waals surface area contributed by atoms with Gasteiger partial charge in [-0.05, 0) is 25.8 Å². The first kappa shape index (κ1) is 21.2. The lowest BCUT2D eigenvalue weighted by Gasteiger charge is -2.29. The Hall–Kier alpha value is -2.48. The summed E-state index contributed by atoms with van der Waals surface area (Å²) >= 11 is 1.60. The number of allylic oxidation sites excluding steroid dienone is 1. The predicted octanol–water partition coefficient (Wildman–Crippen LogP) is 4.42. The summed E-state index contributed by atoms with van der Waals surface area (Å²) in [7, 11) is 1.63. The van der Waals surface area contributed by atoms with E-state index in [0.29, 0.717) is 34.7 Å². The highest BCUT2D eigenvalue weighted by Gasteiger charge is 2.36. The van der Waals surface area contributed by atoms with Crippen LogP contribution in [0, 0.1) is 0 Å². The molecule has 1 unspecified atom stereocenters. The molecule has 1 atom stereocenters. The number of hydrogen-bond donors (Lipinski definition) is 1. The largest absolute Gasteiger partial charge is 0.496 e. The van der Waals surface area contributed by atoms with Crippen molar-refractivity contribution in [3.63, 3.8) is 0 Å². The monoisotopic (exact) mass is 416 g/mol. The van der Waals surface area contributed by atoms with Crippen molar-refractivity contribution in [1.29, 1.82) is 0 Å². The third kappa shape index (κ3) is 4.58. The SMILES string of the molecule is CCCCOC(=O)C1=C(C)Nc2nc(SCCC)nn2C1c1ccccc1OC. The zero-order valence-electron chi connectivity index (χ0n) is 17.4. The fourth-order valence-electron chi connectivity index (χ4n) is 3.22. The molecule has 0 aliphatic carbocycles. The van der Waals surface area contributed by atoms with E-state index in [-0.39, 0.29) is 5.97 Å². The molecule has 29 heavy (non-hydrogen) atoms. The van der Waals surface area contributed by atoms with E-state index in [1.54, 1.807) is 23.6 Å². The Kier molecular flexibility index (Phi) is 7.19. The second-order valence-corrected chi connectivity index (χ2v) is 7.87. The standard InChI is InChI=1S/C21H28N4O3S/c1-5-7-12-28-19(26)17-14(3)22-20-23-21(29-13-6-2)24-25(20)18(17)15-10-8-9-11-16(15)27-4/h8-11,18H,5-7,12-13H2,1-4H3,(H,22,23,24). The molecule has 1 aliphatic rings. The van der Waals surface area contributed by atoms with Crippen LogP contribution < -0.4 is 10.1 Å². The molecular formula is C21H28N4O3S. The molecule has 0 saturated carbocycles. The minimum atomic E-state index is -0.472. The van der Waals surface area contributed by atoms with Gasteiger partial charge in [-0.1, -0.05) is 50.2 Å². The van der Waals surface area contributed by atoms with Crippen LogP contribution in [0.15, 0.2) is 40.7 Å². The summed E-state index contributed by atoms with van der Waals surface area (Å²) in [4.78, 5) is 17.6. The van der Waals surface area contributed by atoms with Gasteiger partial charge in [0, 0.05) is 17.0 Å². The van der Waals surface area contributed by atoms with E-state index in [2.05, 4.69) is 24.1 Å². The molecule has 0 spiro atoms. The Morgan fingerprint density at radius 3 is 2.79 bits per heavy atom. The molecule has 0 fully saturated rings. The highest BCUT2D eigenvalue weighted by molar-refractivity contribution is 7.99. The van der Waals surface area contributed by atoms with Gasteiger partial charge in [0.05, 0.1) is 19.3 Å². The first-order chi connectivity index (χ1) is 14.1. The van der Waals surface area contributed by atoms with E-state index in [9.17, 15) is 4.79 Å². The summed E-state index contributed by atoms with van der Waals surface area (Å²) in [6, 6.07) is 7.20. The van der Waals surface area contributed by atoms with Crippen molar-refractivity contribution in [1.82, 2.24) is 14.8 Å². The molecule has 8 heteroatoms.